The van der Waals surface area contributed by atoms with Crippen molar-refractivity contribution < 1.29 is 14.3 Å². The number of ether oxygens (including phenoxy) is 2. The molecule has 0 aliphatic rings. The molecule has 0 radical (unpaired) electrons. The van der Waals surface area contributed by atoms with Crippen molar-refractivity contribution in [3.8, 4) is 11.5 Å². The molecule has 0 saturated carbocycles. The van der Waals surface area contributed by atoms with Gasteiger partial charge in [-0.2, -0.15) is 0 Å². The van der Waals surface area contributed by atoms with Crippen LogP contribution < -0.4 is 15.2 Å². The Morgan fingerprint density at radius 3 is 2.20 bits per heavy atom. The third-order valence-corrected chi connectivity index (χ3v) is 3.58. The van der Waals surface area contributed by atoms with E-state index < -0.39 is 0 Å². The largest absolute Gasteiger partial charge is 0.497 e. The Kier molecular flexibility index (Phi) is 4.29. The lowest BCUT2D eigenvalue weighted by molar-refractivity contribution is 0.103. The topological polar surface area (TPSA) is 61.5 Å². The van der Waals surface area contributed by atoms with E-state index in [1.165, 1.54) is 0 Å². The van der Waals surface area contributed by atoms with Crippen LogP contribution in [0.25, 0.3) is 0 Å². The Balaban J connectivity index is 2.46. The standard InChI is InChI=1S/C15H14BrNO3/c1-19-9-4-6-14(17)12(7-9)15(18)11-5-3-10(20-2)8-13(11)16/h3-8H,17H2,1-2H3. The van der Waals surface area contributed by atoms with Gasteiger partial charge in [0.2, 0.25) is 0 Å². The maximum atomic E-state index is 12.5. The summed E-state index contributed by atoms with van der Waals surface area (Å²) < 4.78 is 10.9. The molecule has 0 aromatic heterocycles. The molecule has 0 heterocycles. The van der Waals surface area contributed by atoms with Crippen molar-refractivity contribution in [1.82, 2.24) is 0 Å². The predicted molar refractivity (Wildman–Crippen MR) is 81.5 cm³/mol. The second-order valence-corrected chi connectivity index (χ2v) is 4.98. The van der Waals surface area contributed by atoms with E-state index in [0.717, 1.165) is 0 Å². The maximum Gasteiger partial charge on any atom is 0.196 e. The maximum absolute atomic E-state index is 12.5. The number of anilines is 1. The van der Waals surface area contributed by atoms with Gasteiger partial charge in [0.05, 0.1) is 14.2 Å². The molecule has 4 nitrogen and oxygen atoms in total. The van der Waals surface area contributed by atoms with E-state index >= 15 is 0 Å². The van der Waals surface area contributed by atoms with Gasteiger partial charge in [-0.3, -0.25) is 4.79 Å². The number of rotatable bonds is 4. The van der Waals surface area contributed by atoms with Crippen molar-refractivity contribution in [3.05, 3.63) is 52.0 Å². The van der Waals surface area contributed by atoms with Crippen molar-refractivity contribution in [3.63, 3.8) is 0 Å². The lowest BCUT2D eigenvalue weighted by Crippen LogP contribution is -2.06. The highest BCUT2D eigenvalue weighted by molar-refractivity contribution is 9.10. The molecule has 0 saturated heterocycles. The Labute approximate surface area is 125 Å². The minimum Gasteiger partial charge on any atom is -0.497 e. The predicted octanol–water partition coefficient (Wildman–Crippen LogP) is 3.28. The number of carbonyl (C=O) groups is 1. The zero-order chi connectivity index (χ0) is 14.7. The molecule has 0 unspecified atom stereocenters. The van der Waals surface area contributed by atoms with Gasteiger partial charge in [-0.05, 0) is 52.3 Å². The average Bonchev–Trinajstić information content (AvgIpc) is 2.47. The SMILES string of the molecule is COc1ccc(C(=O)c2cc(OC)ccc2N)c(Br)c1. The quantitative estimate of drug-likeness (QED) is 0.688. The van der Waals surface area contributed by atoms with Gasteiger partial charge in [-0.15, -0.1) is 0 Å². The van der Waals surface area contributed by atoms with Crippen molar-refractivity contribution in [2.24, 2.45) is 0 Å². The highest BCUT2D eigenvalue weighted by atomic mass is 79.9. The minimum atomic E-state index is -0.170. The summed E-state index contributed by atoms with van der Waals surface area (Å²) in [5.41, 5.74) is 7.22. The molecule has 2 N–H and O–H groups in total. The first kappa shape index (κ1) is 14.4. The second-order valence-electron chi connectivity index (χ2n) is 4.13. The summed E-state index contributed by atoms with van der Waals surface area (Å²) in [7, 11) is 3.12. The van der Waals surface area contributed by atoms with Crippen molar-refractivity contribution in [1.29, 1.82) is 0 Å². The van der Waals surface area contributed by atoms with Crippen LogP contribution in [0.5, 0.6) is 11.5 Å². The first-order valence-electron chi connectivity index (χ1n) is 5.88. The molecule has 0 bridgehead atoms. The van der Waals surface area contributed by atoms with Gasteiger partial charge in [0, 0.05) is 21.3 Å². The van der Waals surface area contributed by atoms with E-state index in [1.54, 1.807) is 50.6 Å². The van der Waals surface area contributed by atoms with Gasteiger partial charge in [0.25, 0.3) is 0 Å². The molecule has 20 heavy (non-hydrogen) atoms. The normalized spacial score (nSPS) is 10.2. The summed E-state index contributed by atoms with van der Waals surface area (Å²) in [4.78, 5) is 12.5. The Morgan fingerprint density at radius 2 is 1.60 bits per heavy atom. The van der Waals surface area contributed by atoms with Crippen molar-refractivity contribution in [2.75, 3.05) is 20.0 Å². The summed E-state index contributed by atoms with van der Waals surface area (Å²) in [6, 6.07) is 10.2. The molecule has 2 aromatic rings. The average molecular weight is 336 g/mol. The summed E-state index contributed by atoms with van der Waals surface area (Å²) in [6.45, 7) is 0. The second kappa shape index (κ2) is 5.96. The lowest BCUT2D eigenvalue weighted by Gasteiger charge is -2.09. The molecule has 5 heteroatoms. The fourth-order valence-corrected chi connectivity index (χ4v) is 2.35. The molecular formula is C15H14BrNO3. The molecule has 0 spiro atoms. The molecule has 0 aliphatic heterocycles. The summed E-state index contributed by atoms with van der Waals surface area (Å²) >= 11 is 3.37. The van der Waals surface area contributed by atoms with Crippen LogP contribution in [0.3, 0.4) is 0 Å². The van der Waals surface area contributed by atoms with Crippen LogP contribution in [0.4, 0.5) is 5.69 Å². The third-order valence-electron chi connectivity index (χ3n) is 2.93. The molecule has 104 valence electrons. The van der Waals surface area contributed by atoms with E-state index in [-0.39, 0.29) is 5.78 Å². The van der Waals surface area contributed by atoms with Crippen LogP contribution in [0.2, 0.25) is 0 Å². The van der Waals surface area contributed by atoms with Crippen LogP contribution in [-0.2, 0) is 0 Å². The molecule has 0 amide bonds. The van der Waals surface area contributed by atoms with E-state index in [0.29, 0.717) is 32.8 Å². The van der Waals surface area contributed by atoms with Crippen molar-refractivity contribution >= 4 is 27.4 Å². The molecule has 0 fully saturated rings. The fraction of sp³-hybridized carbons (Fsp3) is 0.133. The number of hydrogen-bond acceptors (Lipinski definition) is 4. The van der Waals surface area contributed by atoms with Crippen LogP contribution in [0.1, 0.15) is 15.9 Å². The van der Waals surface area contributed by atoms with Gasteiger partial charge in [0.15, 0.2) is 5.78 Å². The first-order valence-corrected chi connectivity index (χ1v) is 6.68. The van der Waals surface area contributed by atoms with Gasteiger partial charge in [-0.1, -0.05) is 0 Å². The van der Waals surface area contributed by atoms with Crippen LogP contribution in [0.15, 0.2) is 40.9 Å². The van der Waals surface area contributed by atoms with E-state index in [2.05, 4.69) is 15.9 Å². The van der Waals surface area contributed by atoms with E-state index in [9.17, 15) is 4.79 Å². The Bertz CT molecular complexity index is 656. The van der Waals surface area contributed by atoms with Crippen LogP contribution >= 0.6 is 15.9 Å². The number of methoxy groups -OCH3 is 2. The third kappa shape index (κ3) is 2.77. The zero-order valence-corrected chi connectivity index (χ0v) is 12.7. The van der Waals surface area contributed by atoms with Crippen molar-refractivity contribution in [2.45, 2.75) is 0 Å². The van der Waals surface area contributed by atoms with E-state index in [1.807, 2.05) is 0 Å². The number of benzene rings is 2. The highest BCUT2D eigenvalue weighted by Gasteiger charge is 2.16. The van der Waals surface area contributed by atoms with Crippen LogP contribution in [-0.4, -0.2) is 20.0 Å². The van der Waals surface area contributed by atoms with Gasteiger partial charge in [-0.25, -0.2) is 0 Å². The highest BCUT2D eigenvalue weighted by Crippen LogP contribution is 2.28. The molecular weight excluding hydrogens is 322 g/mol. The number of halogens is 1. The Morgan fingerprint density at radius 1 is 1.00 bits per heavy atom. The number of nitrogens with two attached hydrogens (primary N) is 1. The monoisotopic (exact) mass is 335 g/mol. The number of carbonyl (C=O) groups excluding carboxylic acids is 1. The first-order chi connectivity index (χ1) is 9.56. The Hall–Kier alpha value is -2.01. The summed E-state index contributed by atoms with van der Waals surface area (Å²) in [5.74, 6) is 1.09. The minimum absolute atomic E-state index is 0.170. The smallest absolute Gasteiger partial charge is 0.196 e. The fourth-order valence-electron chi connectivity index (χ4n) is 1.81. The summed E-state index contributed by atoms with van der Waals surface area (Å²) in [6.07, 6.45) is 0. The molecule has 2 rings (SSSR count). The van der Waals surface area contributed by atoms with Crippen LogP contribution in [0, 0.1) is 0 Å². The lowest BCUT2D eigenvalue weighted by atomic mass is 10.0. The molecule has 2 aromatic carbocycles. The zero-order valence-electron chi connectivity index (χ0n) is 11.1. The van der Waals surface area contributed by atoms with Gasteiger partial charge < -0.3 is 15.2 Å². The molecule has 0 aliphatic carbocycles. The van der Waals surface area contributed by atoms with Gasteiger partial charge in [0.1, 0.15) is 11.5 Å². The van der Waals surface area contributed by atoms with E-state index in [4.69, 9.17) is 15.2 Å². The number of hydrogen-bond donors (Lipinski definition) is 1. The van der Waals surface area contributed by atoms with Gasteiger partial charge >= 0.3 is 0 Å². The summed E-state index contributed by atoms with van der Waals surface area (Å²) in [5, 5.41) is 0. The molecule has 0 atom stereocenters. The number of ketones is 1. The number of nitrogen functional groups attached to an aromatic ring is 1.